The Morgan fingerprint density at radius 2 is 2.32 bits per heavy atom. The number of thiazole rings is 1. The summed E-state index contributed by atoms with van der Waals surface area (Å²) in [5.41, 5.74) is 1.81. The predicted octanol–water partition coefficient (Wildman–Crippen LogP) is 2.27. The summed E-state index contributed by atoms with van der Waals surface area (Å²) in [6, 6.07) is 0.280. The standard InChI is InChI=1S/C14H21N3OS/c1-9-6-10-4-3-5-11(10)17(12-7-19-8-16-12)14(18)13(9)15-2/h7-11,13,15H,3-6H2,1-2H3. The minimum Gasteiger partial charge on any atom is -0.309 e. The van der Waals surface area contributed by atoms with Crippen molar-refractivity contribution in [3.8, 4) is 0 Å². The average molecular weight is 279 g/mol. The highest BCUT2D eigenvalue weighted by Crippen LogP contribution is 2.40. The zero-order valence-electron chi connectivity index (χ0n) is 11.5. The van der Waals surface area contributed by atoms with Crippen molar-refractivity contribution in [1.82, 2.24) is 10.3 Å². The Bertz CT molecular complexity index is 448. The molecule has 5 heteroatoms. The van der Waals surface area contributed by atoms with Crippen LogP contribution in [0, 0.1) is 11.8 Å². The van der Waals surface area contributed by atoms with Crippen LogP contribution in [0.5, 0.6) is 0 Å². The minimum atomic E-state index is -0.0766. The second-order valence-electron chi connectivity index (χ2n) is 5.79. The van der Waals surface area contributed by atoms with Gasteiger partial charge in [0.05, 0.1) is 11.6 Å². The molecule has 4 nitrogen and oxygen atoms in total. The van der Waals surface area contributed by atoms with Crippen LogP contribution in [0.25, 0.3) is 0 Å². The Labute approximate surface area is 118 Å². The maximum Gasteiger partial charge on any atom is 0.245 e. The number of rotatable bonds is 2. The predicted molar refractivity (Wildman–Crippen MR) is 77.4 cm³/mol. The largest absolute Gasteiger partial charge is 0.309 e. The SMILES string of the molecule is CNC1C(=O)N(c2cscn2)C2CCCC2CC1C. The van der Waals surface area contributed by atoms with E-state index >= 15 is 0 Å². The fourth-order valence-electron chi connectivity index (χ4n) is 3.82. The average Bonchev–Trinajstić information content (AvgIpc) is 3.02. The van der Waals surface area contributed by atoms with Gasteiger partial charge in [-0.3, -0.25) is 9.69 Å². The van der Waals surface area contributed by atoms with E-state index in [-0.39, 0.29) is 11.9 Å². The molecule has 1 N–H and O–H groups in total. The van der Waals surface area contributed by atoms with E-state index in [1.165, 1.54) is 12.8 Å². The molecule has 2 aliphatic rings. The van der Waals surface area contributed by atoms with Gasteiger partial charge >= 0.3 is 0 Å². The van der Waals surface area contributed by atoms with Crippen LogP contribution in [-0.4, -0.2) is 30.0 Å². The Kier molecular flexibility index (Phi) is 3.58. The van der Waals surface area contributed by atoms with Crippen molar-refractivity contribution in [2.24, 2.45) is 11.8 Å². The number of hydrogen-bond donors (Lipinski definition) is 1. The first-order chi connectivity index (χ1) is 9.22. The van der Waals surface area contributed by atoms with Crippen LogP contribution in [0.15, 0.2) is 10.9 Å². The van der Waals surface area contributed by atoms with E-state index in [9.17, 15) is 4.79 Å². The van der Waals surface area contributed by atoms with Gasteiger partial charge in [0.2, 0.25) is 5.91 Å². The van der Waals surface area contributed by atoms with Gasteiger partial charge in [-0.25, -0.2) is 4.98 Å². The third-order valence-corrected chi connectivity index (χ3v) is 5.25. The highest BCUT2D eigenvalue weighted by molar-refractivity contribution is 7.07. The molecule has 1 amide bonds. The van der Waals surface area contributed by atoms with Gasteiger partial charge in [0.15, 0.2) is 0 Å². The number of carbonyl (C=O) groups excluding carboxylic acids is 1. The Morgan fingerprint density at radius 1 is 1.47 bits per heavy atom. The third kappa shape index (κ3) is 2.19. The normalized spacial score (nSPS) is 35.3. The van der Waals surface area contributed by atoms with E-state index in [2.05, 4.69) is 17.2 Å². The van der Waals surface area contributed by atoms with Gasteiger partial charge in [0.25, 0.3) is 0 Å². The third-order valence-electron chi connectivity index (χ3n) is 4.67. The van der Waals surface area contributed by atoms with Crippen molar-refractivity contribution < 1.29 is 4.79 Å². The summed E-state index contributed by atoms with van der Waals surface area (Å²) >= 11 is 1.56. The Hall–Kier alpha value is -0.940. The molecule has 1 saturated heterocycles. The number of likely N-dealkylation sites (N-methyl/N-ethyl adjacent to an activating group) is 1. The second-order valence-corrected chi connectivity index (χ2v) is 6.51. The van der Waals surface area contributed by atoms with Crippen LogP contribution in [-0.2, 0) is 4.79 Å². The van der Waals surface area contributed by atoms with Crippen molar-refractivity contribution >= 4 is 23.1 Å². The molecule has 1 aliphatic heterocycles. The summed E-state index contributed by atoms with van der Waals surface area (Å²) in [4.78, 5) is 19.2. The molecule has 0 spiro atoms. The smallest absolute Gasteiger partial charge is 0.245 e. The molecule has 0 radical (unpaired) electrons. The first-order valence-corrected chi connectivity index (χ1v) is 8.05. The van der Waals surface area contributed by atoms with Crippen LogP contribution >= 0.6 is 11.3 Å². The van der Waals surface area contributed by atoms with Crippen molar-refractivity contribution in [2.45, 2.75) is 44.7 Å². The van der Waals surface area contributed by atoms with Gasteiger partial charge in [0.1, 0.15) is 5.82 Å². The fourth-order valence-corrected chi connectivity index (χ4v) is 4.34. The number of fused-ring (bicyclic) bond motifs is 1. The van der Waals surface area contributed by atoms with E-state index < -0.39 is 0 Å². The van der Waals surface area contributed by atoms with Gasteiger partial charge in [-0.15, -0.1) is 11.3 Å². The summed E-state index contributed by atoms with van der Waals surface area (Å²) in [5, 5.41) is 5.21. The summed E-state index contributed by atoms with van der Waals surface area (Å²) in [6.45, 7) is 2.19. The van der Waals surface area contributed by atoms with Crippen molar-refractivity contribution in [3.05, 3.63) is 10.9 Å². The van der Waals surface area contributed by atoms with Gasteiger partial charge in [-0.2, -0.15) is 0 Å². The van der Waals surface area contributed by atoms with E-state index in [4.69, 9.17) is 0 Å². The van der Waals surface area contributed by atoms with Crippen LogP contribution in [0.1, 0.15) is 32.6 Å². The van der Waals surface area contributed by atoms with Crippen molar-refractivity contribution in [2.75, 3.05) is 11.9 Å². The molecule has 0 aromatic carbocycles. The number of anilines is 1. The lowest BCUT2D eigenvalue weighted by atomic mass is 9.90. The molecule has 1 aromatic rings. The van der Waals surface area contributed by atoms with Gasteiger partial charge in [0, 0.05) is 11.4 Å². The monoisotopic (exact) mass is 279 g/mol. The lowest BCUT2D eigenvalue weighted by Gasteiger charge is -2.30. The quantitative estimate of drug-likeness (QED) is 0.903. The van der Waals surface area contributed by atoms with Crippen LogP contribution in [0.4, 0.5) is 5.82 Å². The van der Waals surface area contributed by atoms with Crippen LogP contribution < -0.4 is 10.2 Å². The second kappa shape index (κ2) is 5.21. The zero-order chi connectivity index (χ0) is 13.4. The van der Waals surface area contributed by atoms with E-state index in [1.54, 1.807) is 11.3 Å². The van der Waals surface area contributed by atoms with Gasteiger partial charge < -0.3 is 5.32 Å². The number of amides is 1. The molecular formula is C14H21N3OS. The Balaban J connectivity index is 1.99. The summed E-state index contributed by atoms with van der Waals surface area (Å²) in [5.74, 6) is 2.09. The van der Waals surface area contributed by atoms with E-state index in [0.29, 0.717) is 17.9 Å². The molecule has 1 saturated carbocycles. The topological polar surface area (TPSA) is 45.2 Å². The first kappa shape index (κ1) is 13.1. The summed E-state index contributed by atoms with van der Waals surface area (Å²) < 4.78 is 0. The number of hydrogen-bond acceptors (Lipinski definition) is 4. The molecule has 2 fully saturated rings. The maximum absolute atomic E-state index is 12.9. The highest BCUT2D eigenvalue weighted by Gasteiger charge is 2.44. The van der Waals surface area contributed by atoms with Crippen LogP contribution in [0.2, 0.25) is 0 Å². The summed E-state index contributed by atoms with van der Waals surface area (Å²) in [6.07, 6.45) is 4.75. The van der Waals surface area contributed by atoms with Crippen molar-refractivity contribution in [1.29, 1.82) is 0 Å². The first-order valence-electron chi connectivity index (χ1n) is 7.11. The van der Waals surface area contributed by atoms with Crippen molar-refractivity contribution in [3.63, 3.8) is 0 Å². The molecule has 0 bridgehead atoms. The number of nitrogens with one attached hydrogen (secondary N) is 1. The molecule has 1 aliphatic carbocycles. The van der Waals surface area contributed by atoms with Gasteiger partial charge in [-0.1, -0.05) is 13.3 Å². The Morgan fingerprint density at radius 3 is 3.00 bits per heavy atom. The van der Waals surface area contributed by atoms with E-state index in [1.807, 2.05) is 22.8 Å². The molecule has 4 atom stereocenters. The molecular weight excluding hydrogens is 258 g/mol. The highest BCUT2D eigenvalue weighted by atomic mass is 32.1. The molecule has 3 rings (SSSR count). The zero-order valence-corrected chi connectivity index (χ0v) is 12.3. The number of carbonyl (C=O) groups is 1. The maximum atomic E-state index is 12.9. The lowest BCUT2D eigenvalue weighted by Crippen LogP contribution is -2.50. The minimum absolute atomic E-state index is 0.0766. The lowest BCUT2D eigenvalue weighted by molar-refractivity contribution is -0.121. The molecule has 1 aromatic heterocycles. The number of aromatic nitrogens is 1. The van der Waals surface area contributed by atoms with Gasteiger partial charge in [-0.05, 0) is 38.1 Å². The van der Waals surface area contributed by atoms with E-state index in [0.717, 1.165) is 18.7 Å². The summed E-state index contributed by atoms with van der Waals surface area (Å²) in [7, 11) is 1.89. The molecule has 19 heavy (non-hydrogen) atoms. The fraction of sp³-hybridized carbons (Fsp3) is 0.714. The van der Waals surface area contributed by atoms with Crippen LogP contribution in [0.3, 0.4) is 0 Å². The molecule has 4 unspecified atom stereocenters. The molecule has 104 valence electrons. The molecule has 2 heterocycles. The number of nitrogens with zero attached hydrogens (tertiary/aromatic N) is 2.